The number of carbonyl (C=O) groups is 1. The SMILES string of the molecule is O=C(Cc1ccccc1)Nc1ccc(-c2ccnc(Nc3ccc(N4CCOCC4)cc3)n2)cc1. The molecule has 7 nitrogen and oxygen atoms in total. The third-order valence-electron chi connectivity index (χ3n) is 5.83. The molecule has 0 bridgehead atoms. The van der Waals surface area contributed by atoms with Gasteiger partial charge in [-0.3, -0.25) is 4.79 Å². The molecule has 1 aromatic heterocycles. The molecule has 0 spiro atoms. The van der Waals surface area contributed by atoms with E-state index in [2.05, 4.69) is 37.6 Å². The molecule has 0 unspecified atom stereocenters. The molecule has 1 saturated heterocycles. The van der Waals surface area contributed by atoms with Crippen molar-refractivity contribution in [2.75, 3.05) is 41.8 Å². The third-order valence-corrected chi connectivity index (χ3v) is 5.83. The summed E-state index contributed by atoms with van der Waals surface area (Å²) in [5, 5.41) is 6.23. The quantitative estimate of drug-likeness (QED) is 0.404. The second-order valence-electron chi connectivity index (χ2n) is 8.32. The van der Waals surface area contributed by atoms with Crippen LogP contribution in [0, 0.1) is 0 Å². The van der Waals surface area contributed by atoms with E-state index in [1.165, 1.54) is 5.69 Å². The summed E-state index contributed by atoms with van der Waals surface area (Å²) < 4.78 is 5.43. The zero-order valence-electron chi connectivity index (χ0n) is 19.4. The van der Waals surface area contributed by atoms with Crippen LogP contribution in [0.1, 0.15) is 5.56 Å². The van der Waals surface area contributed by atoms with Gasteiger partial charge in [-0.15, -0.1) is 0 Å². The number of ether oxygens (including phenoxy) is 1. The molecule has 1 aliphatic rings. The molecule has 4 aromatic rings. The Morgan fingerprint density at radius 2 is 1.57 bits per heavy atom. The Morgan fingerprint density at radius 3 is 2.31 bits per heavy atom. The van der Waals surface area contributed by atoms with Crippen molar-refractivity contribution in [3.05, 3.63) is 96.7 Å². The molecule has 2 heterocycles. The minimum absolute atomic E-state index is 0.0443. The van der Waals surface area contributed by atoms with E-state index >= 15 is 0 Å². The lowest BCUT2D eigenvalue weighted by molar-refractivity contribution is -0.115. The molecule has 0 radical (unpaired) electrons. The van der Waals surface area contributed by atoms with Gasteiger partial charge in [0, 0.05) is 41.9 Å². The minimum Gasteiger partial charge on any atom is -0.378 e. The maximum atomic E-state index is 12.3. The molecule has 35 heavy (non-hydrogen) atoms. The van der Waals surface area contributed by atoms with Crippen molar-refractivity contribution in [3.8, 4) is 11.3 Å². The first kappa shape index (κ1) is 22.6. The second-order valence-corrected chi connectivity index (χ2v) is 8.32. The summed E-state index contributed by atoms with van der Waals surface area (Å²) in [6.07, 6.45) is 2.08. The molecule has 176 valence electrons. The second kappa shape index (κ2) is 10.8. The van der Waals surface area contributed by atoms with E-state index < -0.39 is 0 Å². The Labute approximate surface area is 204 Å². The van der Waals surface area contributed by atoms with Gasteiger partial charge < -0.3 is 20.3 Å². The van der Waals surface area contributed by atoms with Crippen molar-refractivity contribution in [1.29, 1.82) is 0 Å². The van der Waals surface area contributed by atoms with Crippen molar-refractivity contribution in [1.82, 2.24) is 9.97 Å². The average molecular weight is 466 g/mol. The predicted octanol–water partition coefficient (Wildman–Crippen LogP) is 4.91. The fraction of sp³-hybridized carbons (Fsp3) is 0.179. The fourth-order valence-electron chi connectivity index (χ4n) is 4.00. The van der Waals surface area contributed by atoms with Gasteiger partial charge in [-0.25, -0.2) is 9.97 Å². The minimum atomic E-state index is -0.0443. The summed E-state index contributed by atoms with van der Waals surface area (Å²) in [6, 6.07) is 27.5. The van der Waals surface area contributed by atoms with Crippen molar-refractivity contribution in [3.63, 3.8) is 0 Å². The molecule has 0 atom stereocenters. The van der Waals surface area contributed by atoms with Gasteiger partial charge in [-0.05, 0) is 48.0 Å². The number of benzene rings is 3. The van der Waals surface area contributed by atoms with Gasteiger partial charge >= 0.3 is 0 Å². The Morgan fingerprint density at radius 1 is 0.857 bits per heavy atom. The lowest BCUT2D eigenvalue weighted by Crippen LogP contribution is -2.36. The van der Waals surface area contributed by atoms with Gasteiger partial charge in [-0.2, -0.15) is 0 Å². The van der Waals surface area contributed by atoms with Crippen LogP contribution < -0.4 is 15.5 Å². The zero-order chi connectivity index (χ0) is 23.9. The summed E-state index contributed by atoms with van der Waals surface area (Å²) in [5.74, 6) is 0.485. The summed E-state index contributed by atoms with van der Waals surface area (Å²) in [4.78, 5) is 23.7. The first-order valence-corrected chi connectivity index (χ1v) is 11.7. The standard InChI is InChI=1S/C28H27N5O2/c34-27(20-21-4-2-1-3-5-21)30-23-8-6-22(7-9-23)26-14-15-29-28(32-26)31-24-10-12-25(13-11-24)33-16-18-35-19-17-33/h1-15H,16-20H2,(H,30,34)(H,29,31,32). The number of carbonyl (C=O) groups excluding carboxylic acids is 1. The van der Waals surface area contributed by atoms with Gasteiger partial charge in [0.25, 0.3) is 0 Å². The van der Waals surface area contributed by atoms with E-state index in [1.54, 1.807) is 6.20 Å². The van der Waals surface area contributed by atoms with Crippen molar-refractivity contribution >= 4 is 28.9 Å². The van der Waals surface area contributed by atoms with Crippen molar-refractivity contribution in [2.45, 2.75) is 6.42 Å². The van der Waals surface area contributed by atoms with Crippen LogP contribution in [0.5, 0.6) is 0 Å². The highest BCUT2D eigenvalue weighted by molar-refractivity contribution is 5.92. The first-order chi connectivity index (χ1) is 17.2. The number of amides is 1. The van der Waals surface area contributed by atoms with Crippen LogP contribution in [0.25, 0.3) is 11.3 Å². The number of hydrogen-bond acceptors (Lipinski definition) is 6. The highest BCUT2D eigenvalue weighted by Gasteiger charge is 2.11. The van der Waals surface area contributed by atoms with Crippen LogP contribution >= 0.6 is 0 Å². The molecule has 7 heteroatoms. The highest BCUT2D eigenvalue weighted by atomic mass is 16.5. The van der Waals surface area contributed by atoms with Crippen molar-refractivity contribution < 1.29 is 9.53 Å². The topological polar surface area (TPSA) is 79.4 Å². The van der Waals surface area contributed by atoms with Gasteiger partial charge in [0.2, 0.25) is 11.9 Å². The molecule has 3 aromatic carbocycles. The van der Waals surface area contributed by atoms with Gasteiger partial charge in [0.05, 0.1) is 25.3 Å². The third kappa shape index (κ3) is 6.02. The van der Waals surface area contributed by atoms with Crippen molar-refractivity contribution in [2.24, 2.45) is 0 Å². The number of nitrogens with one attached hydrogen (secondary N) is 2. The maximum Gasteiger partial charge on any atom is 0.228 e. The summed E-state index contributed by atoms with van der Waals surface area (Å²) >= 11 is 0. The van der Waals surface area contributed by atoms with E-state index in [-0.39, 0.29) is 5.91 Å². The molecular weight excluding hydrogens is 438 g/mol. The molecule has 0 aliphatic carbocycles. The molecule has 5 rings (SSSR count). The number of rotatable bonds is 7. The number of hydrogen-bond donors (Lipinski definition) is 2. The Bertz CT molecular complexity index is 1250. The van der Waals surface area contributed by atoms with Crippen LogP contribution in [0.15, 0.2) is 91.1 Å². The molecule has 2 N–H and O–H groups in total. The van der Waals surface area contributed by atoms with E-state index in [0.717, 1.165) is 54.5 Å². The monoisotopic (exact) mass is 465 g/mol. The van der Waals surface area contributed by atoms with E-state index in [0.29, 0.717) is 12.4 Å². The zero-order valence-corrected chi connectivity index (χ0v) is 19.4. The number of aromatic nitrogens is 2. The Kier molecular flexibility index (Phi) is 6.96. The number of nitrogens with zero attached hydrogens (tertiary/aromatic N) is 3. The Hall–Kier alpha value is -4.23. The molecule has 1 aliphatic heterocycles. The van der Waals surface area contributed by atoms with Gasteiger partial charge in [0.1, 0.15) is 0 Å². The molecule has 1 amide bonds. The maximum absolute atomic E-state index is 12.3. The summed E-state index contributed by atoms with van der Waals surface area (Å²) in [7, 11) is 0. The van der Waals surface area contributed by atoms with E-state index in [9.17, 15) is 4.79 Å². The largest absolute Gasteiger partial charge is 0.378 e. The van der Waals surface area contributed by atoms with Crippen LogP contribution in [0.2, 0.25) is 0 Å². The van der Waals surface area contributed by atoms with Gasteiger partial charge in [0.15, 0.2) is 0 Å². The van der Waals surface area contributed by atoms with Crippen LogP contribution in [-0.2, 0) is 16.0 Å². The van der Waals surface area contributed by atoms with Crippen LogP contribution in [0.4, 0.5) is 23.0 Å². The van der Waals surface area contributed by atoms with E-state index in [1.807, 2.05) is 72.8 Å². The number of morpholine rings is 1. The predicted molar refractivity (Wildman–Crippen MR) is 139 cm³/mol. The summed E-state index contributed by atoms with van der Waals surface area (Å²) in [5.41, 5.74) is 5.59. The van der Waals surface area contributed by atoms with E-state index in [4.69, 9.17) is 4.74 Å². The van der Waals surface area contributed by atoms with Crippen LogP contribution in [0.3, 0.4) is 0 Å². The molecular formula is C28H27N5O2. The molecule has 0 saturated carbocycles. The lowest BCUT2D eigenvalue weighted by Gasteiger charge is -2.28. The van der Waals surface area contributed by atoms with Gasteiger partial charge in [-0.1, -0.05) is 42.5 Å². The fourth-order valence-corrected chi connectivity index (χ4v) is 4.00. The normalized spacial score (nSPS) is 13.3. The average Bonchev–Trinajstić information content (AvgIpc) is 2.91. The Balaban J connectivity index is 1.21. The highest BCUT2D eigenvalue weighted by Crippen LogP contribution is 2.23. The smallest absolute Gasteiger partial charge is 0.228 e. The number of anilines is 4. The van der Waals surface area contributed by atoms with Crippen LogP contribution in [-0.4, -0.2) is 42.2 Å². The lowest BCUT2D eigenvalue weighted by atomic mass is 10.1. The summed E-state index contributed by atoms with van der Waals surface area (Å²) in [6.45, 7) is 3.35. The molecule has 1 fully saturated rings. The first-order valence-electron chi connectivity index (χ1n) is 11.7.